The number of benzene rings is 2. The van der Waals surface area contributed by atoms with Crippen LogP contribution in [0.5, 0.6) is 0 Å². The summed E-state index contributed by atoms with van der Waals surface area (Å²) in [6.07, 6.45) is 0.500. The van der Waals surface area contributed by atoms with Crippen LogP contribution >= 0.6 is 0 Å². The lowest BCUT2D eigenvalue weighted by Crippen LogP contribution is -2.21. The van der Waals surface area contributed by atoms with Crippen molar-refractivity contribution in [2.75, 3.05) is 7.05 Å². The predicted molar refractivity (Wildman–Crippen MR) is 73.0 cm³/mol. The zero-order valence-corrected chi connectivity index (χ0v) is 11.4. The molecule has 0 saturated carbocycles. The second-order valence-electron chi connectivity index (χ2n) is 4.80. The first kappa shape index (κ1) is 14.6. The highest BCUT2D eigenvalue weighted by Gasteiger charge is 2.20. The van der Waals surface area contributed by atoms with E-state index in [0.717, 1.165) is 17.2 Å². The van der Waals surface area contributed by atoms with Gasteiger partial charge in [0.25, 0.3) is 0 Å². The number of hydrogen-bond donors (Lipinski definition) is 1. The van der Waals surface area contributed by atoms with Crippen molar-refractivity contribution in [3.8, 4) is 0 Å². The van der Waals surface area contributed by atoms with Crippen molar-refractivity contribution in [1.29, 1.82) is 0 Å². The van der Waals surface area contributed by atoms with Crippen LogP contribution in [0, 0.1) is 24.4 Å². The normalized spacial score (nSPS) is 12.4. The summed E-state index contributed by atoms with van der Waals surface area (Å²) >= 11 is 0. The van der Waals surface area contributed by atoms with Gasteiger partial charge >= 0.3 is 0 Å². The molecule has 0 radical (unpaired) electrons. The van der Waals surface area contributed by atoms with E-state index in [-0.39, 0.29) is 5.56 Å². The molecule has 4 heteroatoms. The maximum Gasteiger partial charge on any atom is 0.194 e. The van der Waals surface area contributed by atoms with Crippen molar-refractivity contribution in [2.45, 2.75) is 19.4 Å². The van der Waals surface area contributed by atoms with Crippen LogP contribution in [0.4, 0.5) is 13.2 Å². The second kappa shape index (κ2) is 6.09. The van der Waals surface area contributed by atoms with Crippen LogP contribution in [0.15, 0.2) is 36.4 Å². The molecule has 20 heavy (non-hydrogen) atoms. The monoisotopic (exact) mass is 279 g/mol. The molecule has 1 nitrogen and oxygen atoms in total. The Labute approximate surface area is 116 Å². The van der Waals surface area contributed by atoms with E-state index in [1.165, 1.54) is 6.07 Å². The molecule has 2 rings (SSSR count). The molecular formula is C16H16F3N. The molecule has 0 aliphatic carbocycles. The molecule has 0 aliphatic rings. The van der Waals surface area contributed by atoms with Gasteiger partial charge in [-0.2, -0.15) is 0 Å². The average Bonchev–Trinajstić information content (AvgIpc) is 2.43. The highest BCUT2D eigenvalue weighted by Crippen LogP contribution is 2.24. The predicted octanol–water partition coefficient (Wildman–Crippen LogP) is 3.92. The third-order valence-electron chi connectivity index (χ3n) is 3.31. The van der Waals surface area contributed by atoms with Gasteiger partial charge in [0.05, 0.1) is 0 Å². The lowest BCUT2D eigenvalue weighted by atomic mass is 9.97. The summed E-state index contributed by atoms with van der Waals surface area (Å²) in [6, 6.07) is 9.62. The first-order chi connectivity index (χ1) is 9.52. The number of rotatable bonds is 4. The van der Waals surface area contributed by atoms with E-state index in [0.29, 0.717) is 6.42 Å². The molecule has 0 fully saturated rings. The lowest BCUT2D eigenvalue weighted by molar-refractivity contribution is 0.428. The molecule has 2 aromatic carbocycles. The first-order valence-corrected chi connectivity index (χ1v) is 6.39. The molecule has 0 aliphatic heterocycles. The second-order valence-corrected chi connectivity index (χ2v) is 4.80. The Morgan fingerprint density at radius 1 is 1.05 bits per heavy atom. The van der Waals surface area contributed by atoms with Gasteiger partial charge in [0, 0.05) is 11.6 Å². The molecule has 0 aromatic heterocycles. The fraction of sp³-hybridized carbons (Fsp3) is 0.250. The van der Waals surface area contributed by atoms with Gasteiger partial charge in [-0.1, -0.05) is 35.9 Å². The highest BCUT2D eigenvalue weighted by molar-refractivity contribution is 5.28. The van der Waals surface area contributed by atoms with Crippen molar-refractivity contribution >= 4 is 0 Å². The molecule has 1 N–H and O–H groups in total. The Morgan fingerprint density at radius 3 is 2.45 bits per heavy atom. The highest BCUT2D eigenvalue weighted by atomic mass is 19.2. The van der Waals surface area contributed by atoms with Gasteiger partial charge in [0.2, 0.25) is 0 Å². The molecule has 106 valence electrons. The van der Waals surface area contributed by atoms with Crippen LogP contribution in [0.2, 0.25) is 0 Å². The zero-order chi connectivity index (χ0) is 14.7. The molecule has 0 spiro atoms. The van der Waals surface area contributed by atoms with Crippen molar-refractivity contribution in [3.05, 3.63) is 70.5 Å². The number of aryl methyl sites for hydroxylation is 1. The maximum absolute atomic E-state index is 13.8. The summed E-state index contributed by atoms with van der Waals surface area (Å²) in [4.78, 5) is 0. The fourth-order valence-corrected chi connectivity index (χ4v) is 2.25. The van der Waals surface area contributed by atoms with Crippen LogP contribution < -0.4 is 5.32 Å². The van der Waals surface area contributed by atoms with E-state index in [2.05, 4.69) is 5.32 Å². The number of likely N-dealkylation sites (N-methyl/N-ethyl adjacent to an activating group) is 1. The summed E-state index contributed by atoms with van der Waals surface area (Å²) < 4.78 is 40.1. The molecule has 1 atom stereocenters. The Hall–Kier alpha value is -1.81. The Kier molecular flexibility index (Phi) is 4.45. The minimum Gasteiger partial charge on any atom is -0.313 e. The van der Waals surface area contributed by atoms with E-state index in [4.69, 9.17) is 0 Å². The molecule has 0 bridgehead atoms. The molecular weight excluding hydrogens is 263 g/mol. The van der Waals surface area contributed by atoms with Gasteiger partial charge in [-0.3, -0.25) is 0 Å². The van der Waals surface area contributed by atoms with Crippen LogP contribution in [0.1, 0.15) is 22.7 Å². The summed E-state index contributed by atoms with van der Waals surface area (Å²) in [5, 5.41) is 2.94. The van der Waals surface area contributed by atoms with Crippen LogP contribution in [0.25, 0.3) is 0 Å². The van der Waals surface area contributed by atoms with Gasteiger partial charge in [0.15, 0.2) is 17.5 Å². The summed E-state index contributed by atoms with van der Waals surface area (Å²) in [5.74, 6) is -3.72. The van der Waals surface area contributed by atoms with Crippen LogP contribution in [-0.2, 0) is 6.42 Å². The first-order valence-electron chi connectivity index (χ1n) is 6.39. The maximum atomic E-state index is 13.8. The lowest BCUT2D eigenvalue weighted by Gasteiger charge is -2.18. The van der Waals surface area contributed by atoms with Gasteiger partial charge in [-0.25, -0.2) is 13.2 Å². The zero-order valence-electron chi connectivity index (χ0n) is 11.4. The third-order valence-corrected chi connectivity index (χ3v) is 3.31. The van der Waals surface area contributed by atoms with E-state index < -0.39 is 23.5 Å². The smallest absolute Gasteiger partial charge is 0.194 e. The number of hydrogen-bond acceptors (Lipinski definition) is 1. The number of nitrogens with one attached hydrogen (secondary N) is 1. The quantitative estimate of drug-likeness (QED) is 0.837. The van der Waals surface area contributed by atoms with E-state index in [1.807, 2.05) is 31.2 Å². The van der Waals surface area contributed by atoms with Gasteiger partial charge in [-0.15, -0.1) is 0 Å². The third kappa shape index (κ3) is 3.02. The standard InChI is InChI=1S/C16H16F3N/c1-10-4-3-5-11(8-10)9-14(20-2)12-6-7-13(17)16(19)15(12)18/h3-8,14,20H,9H2,1-2H3. The molecule has 0 amide bonds. The van der Waals surface area contributed by atoms with E-state index in [9.17, 15) is 13.2 Å². The Balaban J connectivity index is 2.31. The van der Waals surface area contributed by atoms with Gasteiger partial charge < -0.3 is 5.32 Å². The minimum atomic E-state index is -1.42. The molecule has 1 unspecified atom stereocenters. The van der Waals surface area contributed by atoms with Crippen LogP contribution in [0.3, 0.4) is 0 Å². The summed E-state index contributed by atoms with van der Waals surface area (Å²) in [6.45, 7) is 1.97. The minimum absolute atomic E-state index is 0.132. The fourth-order valence-electron chi connectivity index (χ4n) is 2.25. The van der Waals surface area contributed by atoms with Crippen LogP contribution in [-0.4, -0.2) is 7.05 Å². The largest absolute Gasteiger partial charge is 0.313 e. The topological polar surface area (TPSA) is 12.0 Å². The summed E-state index contributed by atoms with van der Waals surface area (Å²) in [7, 11) is 1.67. The molecule has 2 aromatic rings. The van der Waals surface area contributed by atoms with Crippen molar-refractivity contribution in [3.63, 3.8) is 0 Å². The van der Waals surface area contributed by atoms with Gasteiger partial charge in [0.1, 0.15) is 0 Å². The van der Waals surface area contributed by atoms with Crippen molar-refractivity contribution < 1.29 is 13.2 Å². The Morgan fingerprint density at radius 2 is 1.80 bits per heavy atom. The summed E-state index contributed by atoms with van der Waals surface area (Å²) in [5.41, 5.74) is 2.24. The van der Waals surface area contributed by atoms with Gasteiger partial charge in [-0.05, 0) is 32.0 Å². The number of halogens is 3. The Bertz CT molecular complexity index is 611. The van der Waals surface area contributed by atoms with E-state index in [1.54, 1.807) is 7.05 Å². The molecule has 0 saturated heterocycles. The average molecular weight is 279 g/mol. The van der Waals surface area contributed by atoms with E-state index >= 15 is 0 Å². The van der Waals surface area contributed by atoms with Crippen molar-refractivity contribution in [2.24, 2.45) is 0 Å². The SMILES string of the molecule is CNC(Cc1cccc(C)c1)c1ccc(F)c(F)c1F. The molecule has 0 heterocycles. The van der Waals surface area contributed by atoms with Crippen molar-refractivity contribution in [1.82, 2.24) is 5.32 Å².